The lowest BCUT2D eigenvalue weighted by molar-refractivity contribution is -0.119. The topological polar surface area (TPSA) is 55.4 Å². The highest BCUT2D eigenvalue weighted by Crippen LogP contribution is 2.27. The Kier molecular flexibility index (Phi) is 3.93. The molecule has 0 spiro atoms. The Morgan fingerprint density at radius 1 is 1.46 bits per heavy atom. The maximum absolute atomic E-state index is 10.9. The number of aliphatic imine (C=N–C) groups is 1. The SMILES string of the molecule is C=NC(CC1CCCCC1)C(N)=O. The minimum atomic E-state index is -0.358. The molecule has 2 N–H and O–H groups in total. The van der Waals surface area contributed by atoms with Gasteiger partial charge in [-0.25, -0.2) is 0 Å². The summed E-state index contributed by atoms with van der Waals surface area (Å²) in [5, 5.41) is 0. The first-order valence-corrected chi connectivity index (χ1v) is 4.99. The molecule has 0 aromatic carbocycles. The summed E-state index contributed by atoms with van der Waals surface area (Å²) in [4.78, 5) is 14.6. The molecule has 1 saturated carbocycles. The van der Waals surface area contributed by atoms with Crippen molar-refractivity contribution in [3.05, 3.63) is 0 Å². The van der Waals surface area contributed by atoms with Gasteiger partial charge in [-0.05, 0) is 19.1 Å². The molecule has 0 aromatic heterocycles. The van der Waals surface area contributed by atoms with Crippen molar-refractivity contribution in [1.82, 2.24) is 0 Å². The van der Waals surface area contributed by atoms with Crippen molar-refractivity contribution in [3.63, 3.8) is 0 Å². The van der Waals surface area contributed by atoms with Crippen LogP contribution >= 0.6 is 0 Å². The molecule has 3 nitrogen and oxygen atoms in total. The zero-order valence-corrected chi connectivity index (χ0v) is 8.04. The van der Waals surface area contributed by atoms with Crippen LogP contribution in [0.15, 0.2) is 4.99 Å². The summed E-state index contributed by atoms with van der Waals surface area (Å²) in [7, 11) is 0. The molecule has 1 aliphatic carbocycles. The second-order valence-corrected chi connectivity index (χ2v) is 3.84. The Bertz CT molecular complexity index is 185. The second kappa shape index (κ2) is 5.00. The molecule has 1 amide bonds. The molecule has 1 atom stereocenters. The summed E-state index contributed by atoms with van der Waals surface area (Å²) in [5.74, 6) is 0.303. The standard InChI is InChI=1S/C10H18N2O/c1-12-9(10(11)13)7-8-5-3-2-4-6-8/h8-9H,1-7H2,(H2,11,13). The number of carbonyl (C=O) groups is 1. The van der Waals surface area contributed by atoms with Gasteiger partial charge < -0.3 is 5.73 Å². The maximum atomic E-state index is 10.9. The van der Waals surface area contributed by atoms with Crippen LogP contribution in [0, 0.1) is 5.92 Å². The van der Waals surface area contributed by atoms with Gasteiger partial charge in [0.15, 0.2) is 0 Å². The third-order valence-corrected chi connectivity index (χ3v) is 2.83. The van der Waals surface area contributed by atoms with Crippen LogP contribution in [0.2, 0.25) is 0 Å². The van der Waals surface area contributed by atoms with Gasteiger partial charge in [-0.3, -0.25) is 9.79 Å². The fraction of sp³-hybridized carbons (Fsp3) is 0.800. The molecule has 74 valence electrons. The average Bonchev–Trinajstić information content (AvgIpc) is 2.15. The Labute approximate surface area is 79.4 Å². The van der Waals surface area contributed by atoms with Gasteiger partial charge in [-0.15, -0.1) is 0 Å². The first-order valence-electron chi connectivity index (χ1n) is 4.99. The molecule has 1 fully saturated rings. The molecule has 0 heterocycles. The predicted molar refractivity (Wildman–Crippen MR) is 53.7 cm³/mol. The van der Waals surface area contributed by atoms with E-state index in [0.29, 0.717) is 5.92 Å². The molecular weight excluding hydrogens is 164 g/mol. The third-order valence-electron chi connectivity index (χ3n) is 2.83. The lowest BCUT2D eigenvalue weighted by Gasteiger charge is -2.23. The smallest absolute Gasteiger partial charge is 0.242 e. The summed E-state index contributed by atoms with van der Waals surface area (Å²) < 4.78 is 0. The number of amides is 1. The van der Waals surface area contributed by atoms with Crippen LogP contribution in [0.1, 0.15) is 38.5 Å². The lowest BCUT2D eigenvalue weighted by atomic mass is 9.85. The van der Waals surface area contributed by atoms with Crippen LogP contribution in [0.4, 0.5) is 0 Å². The van der Waals surface area contributed by atoms with Gasteiger partial charge in [0.05, 0.1) is 0 Å². The Morgan fingerprint density at radius 3 is 2.54 bits per heavy atom. The van der Waals surface area contributed by atoms with Gasteiger partial charge in [-0.2, -0.15) is 0 Å². The number of nitrogens with zero attached hydrogens (tertiary/aromatic N) is 1. The zero-order valence-electron chi connectivity index (χ0n) is 8.04. The highest BCUT2D eigenvalue weighted by molar-refractivity contribution is 5.80. The van der Waals surface area contributed by atoms with Crippen LogP contribution in [0.25, 0.3) is 0 Å². The van der Waals surface area contributed by atoms with E-state index in [1.165, 1.54) is 32.1 Å². The van der Waals surface area contributed by atoms with Crippen LogP contribution in [-0.2, 0) is 4.79 Å². The van der Waals surface area contributed by atoms with E-state index in [1.54, 1.807) is 0 Å². The molecule has 0 bridgehead atoms. The summed E-state index contributed by atoms with van der Waals surface area (Å²) in [6, 6.07) is -0.358. The number of hydrogen-bond donors (Lipinski definition) is 1. The average molecular weight is 182 g/mol. The Balaban J connectivity index is 2.35. The predicted octanol–water partition coefficient (Wildman–Crippen LogP) is 1.51. The van der Waals surface area contributed by atoms with Crippen molar-refractivity contribution in [3.8, 4) is 0 Å². The first-order chi connectivity index (χ1) is 6.24. The highest BCUT2D eigenvalue weighted by atomic mass is 16.1. The van der Waals surface area contributed by atoms with E-state index in [1.807, 2.05) is 0 Å². The minimum absolute atomic E-state index is 0.333. The largest absolute Gasteiger partial charge is 0.368 e. The molecule has 13 heavy (non-hydrogen) atoms. The Morgan fingerprint density at radius 2 is 2.08 bits per heavy atom. The number of nitrogens with two attached hydrogens (primary N) is 1. The van der Waals surface area contributed by atoms with E-state index in [9.17, 15) is 4.79 Å². The number of carbonyl (C=O) groups excluding carboxylic acids is 1. The number of primary amides is 1. The van der Waals surface area contributed by atoms with E-state index in [-0.39, 0.29) is 11.9 Å². The second-order valence-electron chi connectivity index (χ2n) is 3.84. The normalized spacial score (nSPS) is 20.9. The van der Waals surface area contributed by atoms with Crippen molar-refractivity contribution < 1.29 is 4.79 Å². The van der Waals surface area contributed by atoms with Crippen molar-refractivity contribution in [2.24, 2.45) is 16.6 Å². The van der Waals surface area contributed by atoms with E-state index in [2.05, 4.69) is 11.7 Å². The zero-order chi connectivity index (χ0) is 9.68. The van der Waals surface area contributed by atoms with E-state index < -0.39 is 0 Å². The van der Waals surface area contributed by atoms with Crippen molar-refractivity contribution in [2.45, 2.75) is 44.6 Å². The highest BCUT2D eigenvalue weighted by Gasteiger charge is 2.20. The summed E-state index contributed by atoms with van der Waals surface area (Å²) in [5.41, 5.74) is 5.19. The lowest BCUT2D eigenvalue weighted by Crippen LogP contribution is -2.29. The molecule has 0 radical (unpaired) electrons. The first kappa shape index (κ1) is 10.2. The van der Waals surface area contributed by atoms with Gasteiger partial charge in [-0.1, -0.05) is 32.1 Å². The fourth-order valence-electron chi connectivity index (χ4n) is 2.02. The summed E-state index contributed by atoms with van der Waals surface area (Å²) in [6.45, 7) is 3.40. The molecule has 0 aromatic rings. The Hall–Kier alpha value is -0.860. The quantitative estimate of drug-likeness (QED) is 0.658. The van der Waals surface area contributed by atoms with E-state index in [0.717, 1.165) is 6.42 Å². The molecular formula is C10H18N2O. The van der Waals surface area contributed by atoms with Crippen LogP contribution < -0.4 is 5.73 Å². The van der Waals surface area contributed by atoms with Crippen LogP contribution in [-0.4, -0.2) is 18.7 Å². The third kappa shape index (κ3) is 3.17. The van der Waals surface area contributed by atoms with Gasteiger partial charge >= 0.3 is 0 Å². The number of rotatable bonds is 4. The van der Waals surface area contributed by atoms with Gasteiger partial charge in [0.1, 0.15) is 6.04 Å². The van der Waals surface area contributed by atoms with Crippen molar-refractivity contribution in [2.75, 3.05) is 0 Å². The van der Waals surface area contributed by atoms with Crippen LogP contribution in [0.3, 0.4) is 0 Å². The van der Waals surface area contributed by atoms with Crippen molar-refractivity contribution >= 4 is 12.6 Å². The number of hydrogen-bond acceptors (Lipinski definition) is 2. The maximum Gasteiger partial charge on any atom is 0.242 e. The van der Waals surface area contributed by atoms with Gasteiger partial charge in [0.2, 0.25) is 5.91 Å². The molecule has 1 unspecified atom stereocenters. The van der Waals surface area contributed by atoms with Crippen molar-refractivity contribution in [1.29, 1.82) is 0 Å². The summed E-state index contributed by atoms with van der Waals surface area (Å²) >= 11 is 0. The molecule has 3 heteroatoms. The fourth-order valence-corrected chi connectivity index (χ4v) is 2.02. The molecule has 1 aliphatic rings. The van der Waals surface area contributed by atoms with Gasteiger partial charge in [0.25, 0.3) is 0 Å². The molecule has 1 rings (SSSR count). The summed E-state index contributed by atoms with van der Waals surface area (Å²) in [6.07, 6.45) is 7.15. The van der Waals surface area contributed by atoms with Crippen LogP contribution in [0.5, 0.6) is 0 Å². The molecule has 0 saturated heterocycles. The van der Waals surface area contributed by atoms with Gasteiger partial charge in [0, 0.05) is 0 Å². The van der Waals surface area contributed by atoms with E-state index >= 15 is 0 Å². The van der Waals surface area contributed by atoms with E-state index in [4.69, 9.17) is 5.73 Å². The minimum Gasteiger partial charge on any atom is -0.368 e. The molecule has 0 aliphatic heterocycles. The monoisotopic (exact) mass is 182 g/mol.